The third kappa shape index (κ3) is 3.02. The molecule has 1 aromatic heterocycles. The third-order valence-electron chi connectivity index (χ3n) is 2.68. The van der Waals surface area contributed by atoms with Crippen molar-refractivity contribution in [2.75, 3.05) is 5.32 Å². The van der Waals surface area contributed by atoms with Crippen molar-refractivity contribution in [1.29, 1.82) is 0 Å². The molecule has 0 radical (unpaired) electrons. The first-order chi connectivity index (χ1) is 6.70. The van der Waals surface area contributed by atoms with Crippen molar-refractivity contribution >= 4 is 5.82 Å². The van der Waals surface area contributed by atoms with E-state index in [9.17, 15) is 0 Å². The average Bonchev–Trinajstić information content (AvgIpc) is 2.20. The minimum atomic E-state index is 0.184. The predicted octanol–water partition coefficient (Wildman–Crippen LogP) is 3.46. The van der Waals surface area contributed by atoms with Gasteiger partial charge in [-0.3, -0.25) is 0 Å². The van der Waals surface area contributed by atoms with Crippen LogP contribution in [0.25, 0.3) is 0 Å². The third-order valence-corrected chi connectivity index (χ3v) is 2.68. The molecule has 14 heavy (non-hydrogen) atoms. The van der Waals surface area contributed by atoms with Crippen LogP contribution in [0.1, 0.15) is 40.0 Å². The summed E-state index contributed by atoms with van der Waals surface area (Å²) in [4.78, 5) is 4.28. The van der Waals surface area contributed by atoms with Gasteiger partial charge in [0.15, 0.2) is 0 Å². The monoisotopic (exact) mass is 192 g/mol. The molecule has 0 aliphatic rings. The molecule has 0 saturated heterocycles. The van der Waals surface area contributed by atoms with Gasteiger partial charge in [0.25, 0.3) is 0 Å². The fraction of sp³-hybridized carbons (Fsp3) is 0.583. The molecule has 1 N–H and O–H groups in total. The molecular formula is C12H20N2. The van der Waals surface area contributed by atoms with E-state index in [1.165, 1.54) is 12.8 Å². The Morgan fingerprint density at radius 1 is 1.36 bits per heavy atom. The van der Waals surface area contributed by atoms with Gasteiger partial charge in [0.1, 0.15) is 5.82 Å². The Hall–Kier alpha value is -1.05. The van der Waals surface area contributed by atoms with Crippen LogP contribution in [0.4, 0.5) is 5.82 Å². The van der Waals surface area contributed by atoms with Crippen LogP contribution in [0, 0.1) is 0 Å². The first-order valence-electron chi connectivity index (χ1n) is 5.39. The van der Waals surface area contributed by atoms with Crippen LogP contribution >= 0.6 is 0 Å². The topological polar surface area (TPSA) is 24.9 Å². The van der Waals surface area contributed by atoms with Crippen LogP contribution in [-0.2, 0) is 0 Å². The van der Waals surface area contributed by atoms with E-state index in [0.717, 1.165) is 12.2 Å². The Morgan fingerprint density at radius 3 is 2.64 bits per heavy atom. The molecule has 0 spiro atoms. The standard InChI is InChI=1S/C12H20N2/c1-4-9-12(3,5-2)14-11-8-6-7-10-13-11/h6-8,10H,4-5,9H2,1-3H3,(H,13,14). The number of pyridine rings is 1. The van der Waals surface area contributed by atoms with Gasteiger partial charge in [-0.05, 0) is 31.9 Å². The number of hydrogen-bond acceptors (Lipinski definition) is 2. The molecule has 1 atom stereocenters. The number of rotatable bonds is 5. The molecule has 0 saturated carbocycles. The number of hydrogen-bond donors (Lipinski definition) is 1. The molecule has 78 valence electrons. The number of aromatic nitrogens is 1. The van der Waals surface area contributed by atoms with Crippen LogP contribution in [0.2, 0.25) is 0 Å². The van der Waals surface area contributed by atoms with Crippen LogP contribution < -0.4 is 5.32 Å². The minimum absolute atomic E-state index is 0.184. The van der Waals surface area contributed by atoms with E-state index in [1.54, 1.807) is 0 Å². The first-order valence-corrected chi connectivity index (χ1v) is 5.39. The highest BCUT2D eigenvalue weighted by atomic mass is 15.0. The highest BCUT2D eigenvalue weighted by molar-refractivity contribution is 5.36. The van der Waals surface area contributed by atoms with Gasteiger partial charge in [0.05, 0.1) is 0 Å². The van der Waals surface area contributed by atoms with Gasteiger partial charge in [0, 0.05) is 11.7 Å². The summed E-state index contributed by atoms with van der Waals surface area (Å²) in [6.07, 6.45) is 5.33. The van der Waals surface area contributed by atoms with Gasteiger partial charge >= 0.3 is 0 Å². The zero-order valence-corrected chi connectivity index (χ0v) is 9.38. The predicted molar refractivity (Wildman–Crippen MR) is 61.5 cm³/mol. The largest absolute Gasteiger partial charge is 0.365 e. The molecule has 2 nitrogen and oxygen atoms in total. The Morgan fingerprint density at radius 2 is 2.14 bits per heavy atom. The summed E-state index contributed by atoms with van der Waals surface area (Å²) in [5.41, 5.74) is 0.184. The SMILES string of the molecule is CCCC(C)(CC)Nc1ccccn1. The van der Waals surface area contributed by atoms with E-state index < -0.39 is 0 Å². The van der Waals surface area contributed by atoms with Gasteiger partial charge in [-0.15, -0.1) is 0 Å². The van der Waals surface area contributed by atoms with Crippen molar-refractivity contribution in [3.63, 3.8) is 0 Å². The summed E-state index contributed by atoms with van der Waals surface area (Å²) in [6.45, 7) is 6.69. The molecule has 1 heterocycles. The summed E-state index contributed by atoms with van der Waals surface area (Å²) in [5.74, 6) is 0.977. The number of nitrogens with zero attached hydrogens (tertiary/aromatic N) is 1. The molecule has 0 amide bonds. The summed E-state index contributed by atoms with van der Waals surface area (Å²) < 4.78 is 0. The highest BCUT2D eigenvalue weighted by Crippen LogP contribution is 2.21. The highest BCUT2D eigenvalue weighted by Gasteiger charge is 2.20. The quantitative estimate of drug-likeness (QED) is 0.772. The molecule has 0 aliphatic carbocycles. The summed E-state index contributed by atoms with van der Waals surface area (Å²) in [7, 11) is 0. The maximum atomic E-state index is 4.28. The van der Waals surface area contributed by atoms with Gasteiger partial charge in [-0.2, -0.15) is 0 Å². The van der Waals surface area contributed by atoms with Crippen molar-refractivity contribution in [3.8, 4) is 0 Å². The molecule has 0 aromatic carbocycles. The van der Waals surface area contributed by atoms with Gasteiger partial charge < -0.3 is 5.32 Å². The maximum Gasteiger partial charge on any atom is 0.126 e. The van der Waals surface area contributed by atoms with Crippen LogP contribution in [-0.4, -0.2) is 10.5 Å². The lowest BCUT2D eigenvalue weighted by Crippen LogP contribution is -2.34. The fourth-order valence-corrected chi connectivity index (χ4v) is 1.63. The van der Waals surface area contributed by atoms with E-state index in [2.05, 4.69) is 31.1 Å². The number of nitrogens with one attached hydrogen (secondary N) is 1. The molecular weight excluding hydrogens is 172 g/mol. The zero-order chi connectivity index (χ0) is 10.4. The Bertz CT molecular complexity index is 258. The maximum absolute atomic E-state index is 4.28. The Balaban J connectivity index is 2.65. The molecule has 0 bridgehead atoms. The summed E-state index contributed by atoms with van der Waals surface area (Å²) in [5, 5.41) is 3.49. The van der Waals surface area contributed by atoms with Crippen molar-refractivity contribution in [1.82, 2.24) is 4.98 Å². The van der Waals surface area contributed by atoms with Gasteiger partial charge in [-0.25, -0.2) is 4.98 Å². The van der Waals surface area contributed by atoms with Gasteiger partial charge in [0.2, 0.25) is 0 Å². The van der Waals surface area contributed by atoms with Crippen molar-refractivity contribution in [2.24, 2.45) is 0 Å². The first kappa shape index (κ1) is 11.0. The van der Waals surface area contributed by atoms with E-state index in [-0.39, 0.29) is 5.54 Å². The van der Waals surface area contributed by atoms with Crippen LogP contribution in [0.5, 0.6) is 0 Å². The van der Waals surface area contributed by atoms with Crippen molar-refractivity contribution < 1.29 is 0 Å². The minimum Gasteiger partial charge on any atom is -0.365 e. The van der Waals surface area contributed by atoms with Crippen LogP contribution in [0.15, 0.2) is 24.4 Å². The van der Waals surface area contributed by atoms with Crippen molar-refractivity contribution in [2.45, 2.75) is 45.6 Å². The Kier molecular flexibility index (Phi) is 3.93. The van der Waals surface area contributed by atoms with Gasteiger partial charge in [-0.1, -0.05) is 26.3 Å². The lowest BCUT2D eigenvalue weighted by molar-refractivity contribution is 0.450. The lowest BCUT2D eigenvalue weighted by Gasteiger charge is -2.29. The molecule has 1 rings (SSSR count). The van der Waals surface area contributed by atoms with E-state index >= 15 is 0 Å². The molecule has 0 fully saturated rings. The molecule has 0 aliphatic heterocycles. The molecule has 1 aromatic rings. The molecule has 1 unspecified atom stereocenters. The molecule has 2 heteroatoms. The zero-order valence-electron chi connectivity index (χ0n) is 9.38. The fourth-order valence-electron chi connectivity index (χ4n) is 1.63. The normalized spacial score (nSPS) is 14.8. The average molecular weight is 192 g/mol. The van der Waals surface area contributed by atoms with E-state index in [4.69, 9.17) is 0 Å². The number of anilines is 1. The summed E-state index contributed by atoms with van der Waals surface area (Å²) in [6, 6.07) is 5.97. The summed E-state index contributed by atoms with van der Waals surface area (Å²) >= 11 is 0. The second-order valence-electron chi connectivity index (χ2n) is 4.00. The Labute approximate surface area is 86.8 Å². The van der Waals surface area contributed by atoms with E-state index in [0.29, 0.717) is 0 Å². The second kappa shape index (κ2) is 4.99. The van der Waals surface area contributed by atoms with Crippen LogP contribution in [0.3, 0.4) is 0 Å². The lowest BCUT2D eigenvalue weighted by atomic mass is 9.93. The van der Waals surface area contributed by atoms with E-state index in [1.807, 2.05) is 24.4 Å². The van der Waals surface area contributed by atoms with Crippen molar-refractivity contribution in [3.05, 3.63) is 24.4 Å². The smallest absolute Gasteiger partial charge is 0.126 e. The second-order valence-corrected chi connectivity index (χ2v) is 4.00.